The number of amides is 3. The Hall–Kier alpha value is -2.65. The first-order valence-electron chi connectivity index (χ1n) is 8.80. The average molecular weight is 402 g/mol. The summed E-state index contributed by atoms with van der Waals surface area (Å²) in [4.78, 5) is 53.1. The Kier molecular flexibility index (Phi) is 4.72. The first-order chi connectivity index (χ1) is 13.5. The molecular formula is C19H18N2O6S. The lowest BCUT2D eigenvalue weighted by Crippen LogP contribution is -2.71. The molecule has 28 heavy (non-hydrogen) atoms. The van der Waals surface area contributed by atoms with Gasteiger partial charge in [0.25, 0.3) is 17.7 Å². The lowest BCUT2D eigenvalue weighted by atomic mass is 10.0. The Bertz CT molecular complexity index is 892. The van der Waals surface area contributed by atoms with E-state index in [1.54, 1.807) is 24.3 Å². The summed E-state index contributed by atoms with van der Waals surface area (Å²) in [6.45, 7) is 2.52. The molecule has 0 aliphatic carbocycles. The number of carbonyl (C=O) groups excluding carboxylic acids is 4. The molecule has 146 valence electrons. The van der Waals surface area contributed by atoms with Crippen molar-refractivity contribution in [2.24, 2.45) is 0 Å². The molecule has 1 aromatic rings. The SMILES string of the molecule is CCOCC1=C(C(=O)OC)N2C(=O)C(N3C(=O)c4ccccc4C3=O)[C@H]2SC1. The summed E-state index contributed by atoms with van der Waals surface area (Å²) in [5, 5.41) is -0.519. The molecule has 4 rings (SSSR count). The monoisotopic (exact) mass is 402 g/mol. The van der Waals surface area contributed by atoms with Crippen LogP contribution in [0, 0.1) is 0 Å². The molecule has 3 heterocycles. The zero-order valence-corrected chi connectivity index (χ0v) is 16.2. The molecular weight excluding hydrogens is 384 g/mol. The summed E-state index contributed by atoms with van der Waals surface area (Å²) in [6, 6.07) is 5.56. The number of nitrogens with zero attached hydrogens (tertiary/aromatic N) is 2. The van der Waals surface area contributed by atoms with Crippen LogP contribution >= 0.6 is 11.8 Å². The second-order valence-electron chi connectivity index (χ2n) is 6.46. The van der Waals surface area contributed by atoms with Gasteiger partial charge in [0, 0.05) is 12.4 Å². The van der Waals surface area contributed by atoms with Crippen molar-refractivity contribution in [3.05, 3.63) is 46.7 Å². The summed E-state index contributed by atoms with van der Waals surface area (Å²) in [5.74, 6) is -1.63. The third-order valence-corrected chi connectivity index (χ3v) is 6.31. The van der Waals surface area contributed by atoms with Crippen LogP contribution < -0.4 is 0 Å². The van der Waals surface area contributed by atoms with Crippen molar-refractivity contribution in [2.45, 2.75) is 18.3 Å². The Morgan fingerprint density at radius 1 is 1.14 bits per heavy atom. The summed E-state index contributed by atoms with van der Waals surface area (Å²) < 4.78 is 10.3. The molecule has 0 bridgehead atoms. The number of fused-ring (bicyclic) bond motifs is 2. The van der Waals surface area contributed by atoms with Gasteiger partial charge in [0.05, 0.1) is 24.8 Å². The largest absolute Gasteiger partial charge is 0.464 e. The maximum atomic E-state index is 13.0. The number of imide groups is 1. The van der Waals surface area contributed by atoms with Crippen molar-refractivity contribution in [1.82, 2.24) is 9.80 Å². The number of ether oxygens (including phenoxy) is 2. The molecule has 0 aromatic heterocycles. The molecule has 0 saturated carbocycles. The van der Waals surface area contributed by atoms with Crippen LogP contribution in [0.15, 0.2) is 35.5 Å². The highest BCUT2D eigenvalue weighted by molar-refractivity contribution is 8.00. The van der Waals surface area contributed by atoms with Gasteiger partial charge in [0.2, 0.25) is 0 Å². The molecule has 2 atom stereocenters. The minimum atomic E-state index is -0.939. The fourth-order valence-corrected chi connectivity index (χ4v) is 5.02. The minimum Gasteiger partial charge on any atom is -0.464 e. The third-order valence-electron chi connectivity index (χ3n) is 4.98. The highest BCUT2D eigenvalue weighted by atomic mass is 32.2. The van der Waals surface area contributed by atoms with Gasteiger partial charge in [0.1, 0.15) is 17.1 Å². The first-order valence-corrected chi connectivity index (χ1v) is 9.85. The van der Waals surface area contributed by atoms with Crippen molar-refractivity contribution >= 4 is 35.5 Å². The van der Waals surface area contributed by atoms with Gasteiger partial charge in [-0.05, 0) is 24.6 Å². The fraction of sp³-hybridized carbons (Fsp3) is 0.368. The van der Waals surface area contributed by atoms with Crippen LogP contribution in [0.5, 0.6) is 0 Å². The molecule has 0 N–H and O–H groups in total. The molecule has 0 spiro atoms. The Morgan fingerprint density at radius 2 is 1.79 bits per heavy atom. The van der Waals surface area contributed by atoms with E-state index in [0.717, 1.165) is 4.90 Å². The predicted octanol–water partition coefficient (Wildman–Crippen LogP) is 1.03. The number of benzene rings is 1. The van der Waals surface area contributed by atoms with Crippen molar-refractivity contribution in [3.63, 3.8) is 0 Å². The quantitative estimate of drug-likeness (QED) is 0.413. The van der Waals surface area contributed by atoms with Crippen LogP contribution in [0.25, 0.3) is 0 Å². The van der Waals surface area contributed by atoms with Crippen LogP contribution in [0.4, 0.5) is 0 Å². The lowest BCUT2D eigenvalue weighted by molar-refractivity contribution is -0.153. The van der Waals surface area contributed by atoms with Crippen molar-refractivity contribution < 1.29 is 28.7 Å². The minimum absolute atomic E-state index is 0.151. The molecule has 3 aliphatic rings. The second kappa shape index (κ2) is 7.06. The van der Waals surface area contributed by atoms with Gasteiger partial charge in [-0.2, -0.15) is 0 Å². The Morgan fingerprint density at radius 3 is 2.36 bits per heavy atom. The molecule has 1 fully saturated rings. The Balaban J connectivity index is 1.65. The zero-order chi connectivity index (χ0) is 20.0. The molecule has 1 unspecified atom stereocenters. The van der Waals surface area contributed by atoms with E-state index in [9.17, 15) is 19.2 Å². The molecule has 1 aromatic carbocycles. The highest BCUT2D eigenvalue weighted by Gasteiger charge is 2.60. The Labute approximate surface area is 165 Å². The fourth-order valence-electron chi connectivity index (χ4n) is 3.65. The second-order valence-corrected chi connectivity index (χ2v) is 7.57. The zero-order valence-electron chi connectivity index (χ0n) is 15.3. The number of carbonyl (C=O) groups is 4. The molecule has 0 radical (unpaired) electrons. The molecule has 3 aliphatic heterocycles. The van der Waals surface area contributed by atoms with Crippen LogP contribution in [-0.2, 0) is 19.1 Å². The van der Waals surface area contributed by atoms with Gasteiger partial charge in [-0.1, -0.05) is 12.1 Å². The predicted molar refractivity (Wildman–Crippen MR) is 99.4 cm³/mol. The van der Waals surface area contributed by atoms with Gasteiger partial charge in [-0.3, -0.25) is 24.2 Å². The van der Waals surface area contributed by atoms with Crippen LogP contribution in [0.3, 0.4) is 0 Å². The summed E-state index contributed by atoms with van der Waals surface area (Å²) in [7, 11) is 1.25. The van der Waals surface area contributed by atoms with E-state index in [0.29, 0.717) is 29.1 Å². The van der Waals surface area contributed by atoms with E-state index in [1.807, 2.05) is 6.92 Å². The average Bonchev–Trinajstić information content (AvgIpc) is 2.96. The van der Waals surface area contributed by atoms with Crippen LogP contribution in [0.1, 0.15) is 27.6 Å². The topological polar surface area (TPSA) is 93.2 Å². The molecule has 1 saturated heterocycles. The summed E-state index contributed by atoms with van der Waals surface area (Å²) >= 11 is 1.40. The van der Waals surface area contributed by atoms with Gasteiger partial charge in [-0.15, -0.1) is 11.8 Å². The molecule has 8 nitrogen and oxygen atoms in total. The van der Waals surface area contributed by atoms with Gasteiger partial charge >= 0.3 is 5.97 Å². The van der Waals surface area contributed by atoms with Gasteiger partial charge in [0.15, 0.2) is 0 Å². The maximum absolute atomic E-state index is 13.0. The number of hydrogen-bond donors (Lipinski definition) is 0. The maximum Gasteiger partial charge on any atom is 0.354 e. The number of thioether (sulfide) groups is 1. The lowest BCUT2D eigenvalue weighted by Gasteiger charge is -2.51. The summed E-state index contributed by atoms with van der Waals surface area (Å²) in [6.07, 6.45) is 0. The van der Waals surface area contributed by atoms with E-state index < -0.39 is 35.1 Å². The van der Waals surface area contributed by atoms with E-state index in [2.05, 4.69) is 0 Å². The van der Waals surface area contributed by atoms with E-state index in [-0.39, 0.29) is 12.3 Å². The third kappa shape index (κ3) is 2.57. The van der Waals surface area contributed by atoms with Crippen LogP contribution in [-0.4, -0.2) is 71.0 Å². The number of methoxy groups -OCH3 is 1. The summed E-state index contributed by atoms with van der Waals surface area (Å²) in [5.41, 5.74) is 1.39. The van der Waals surface area contributed by atoms with Crippen molar-refractivity contribution in [2.75, 3.05) is 26.1 Å². The number of esters is 1. The molecule has 9 heteroatoms. The van der Waals surface area contributed by atoms with Crippen molar-refractivity contribution in [3.8, 4) is 0 Å². The highest BCUT2D eigenvalue weighted by Crippen LogP contribution is 2.44. The van der Waals surface area contributed by atoms with E-state index in [1.165, 1.54) is 23.8 Å². The van der Waals surface area contributed by atoms with Gasteiger partial charge < -0.3 is 9.47 Å². The van der Waals surface area contributed by atoms with Gasteiger partial charge in [-0.25, -0.2) is 4.79 Å². The number of rotatable bonds is 5. The first kappa shape index (κ1) is 18.7. The van der Waals surface area contributed by atoms with E-state index in [4.69, 9.17) is 9.47 Å². The number of hydrogen-bond acceptors (Lipinski definition) is 7. The molecule has 3 amide bonds. The normalized spacial score (nSPS) is 23.6. The number of β-lactam (4-membered cyclic amide) rings is 1. The standard InChI is InChI=1S/C19H18N2O6S/c1-3-27-8-10-9-28-18-14(17(24)21(18)13(10)19(25)26-2)20-15(22)11-6-4-5-7-12(11)16(20)23/h4-7,14,18H,3,8-9H2,1-2H3/t14?,18-/m1/s1. The smallest absolute Gasteiger partial charge is 0.354 e. The van der Waals surface area contributed by atoms with E-state index >= 15 is 0 Å². The van der Waals surface area contributed by atoms with Crippen molar-refractivity contribution in [1.29, 1.82) is 0 Å². The van der Waals surface area contributed by atoms with Crippen LogP contribution in [0.2, 0.25) is 0 Å².